The fourth-order valence-electron chi connectivity index (χ4n) is 2.26. The molecule has 86 valence electrons. The number of nitrogens with zero attached hydrogens (tertiary/aromatic N) is 1. The average Bonchev–Trinajstić information content (AvgIpc) is 2.63. The third-order valence-electron chi connectivity index (χ3n) is 3.39. The summed E-state index contributed by atoms with van der Waals surface area (Å²) in [6.45, 7) is 5.57. The molecule has 2 aliphatic heterocycles. The molecule has 0 spiro atoms. The number of hydrogen-bond donors (Lipinski definition) is 1. The molecule has 2 heterocycles. The highest BCUT2D eigenvalue weighted by Gasteiger charge is 2.49. The first-order valence-electron chi connectivity index (χ1n) is 5.27. The molecule has 0 saturated carbocycles. The molecule has 0 aliphatic carbocycles. The lowest BCUT2D eigenvalue weighted by Gasteiger charge is -2.37. The van der Waals surface area contributed by atoms with Gasteiger partial charge in [0, 0.05) is 13.1 Å². The Morgan fingerprint density at radius 3 is 2.67 bits per heavy atom. The summed E-state index contributed by atoms with van der Waals surface area (Å²) in [5.41, 5.74) is -0.767. The predicted molar refractivity (Wildman–Crippen MR) is 52.7 cm³/mol. The van der Waals surface area contributed by atoms with Crippen LogP contribution >= 0.6 is 0 Å². The van der Waals surface area contributed by atoms with Gasteiger partial charge in [-0.05, 0) is 6.92 Å². The van der Waals surface area contributed by atoms with Crippen LogP contribution in [0.5, 0.6) is 0 Å². The molecule has 0 radical (unpaired) electrons. The molecule has 2 aliphatic rings. The number of carboxylic acid groups (broad SMARTS) is 1. The molecule has 2 unspecified atom stereocenters. The number of rotatable bonds is 2. The third-order valence-corrected chi connectivity index (χ3v) is 3.39. The van der Waals surface area contributed by atoms with Crippen LogP contribution in [-0.2, 0) is 14.3 Å². The van der Waals surface area contributed by atoms with E-state index in [0.717, 1.165) is 13.1 Å². The van der Waals surface area contributed by atoms with Gasteiger partial charge in [0.15, 0.2) is 0 Å². The molecule has 0 aromatic carbocycles. The summed E-state index contributed by atoms with van der Waals surface area (Å²) < 4.78 is 10.6. The Bertz CT molecular complexity index is 252. The van der Waals surface area contributed by atoms with Gasteiger partial charge in [0.1, 0.15) is 5.41 Å². The average molecular weight is 215 g/mol. The first-order chi connectivity index (χ1) is 7.14. The van der Waals surface area contributed by atoms with Gasteiger partial charge in [-0.3, -0.25) is 9.69 Å². The topological polar surface area (TPSA) is 59.0 Å². The van der Waals surface area contributed by atoms with E-state index in [4.69, 9.17) is 9.47 Å². The summed E-state index contributed by atoms with van der Waals surface area (Å²) in [4.78, 5) is 13.4. The fraction of sp³-hybridized carbons (Fsp3) is 0.900. The number of hydrogen-bond acceptors (Lipinski definition) is 4. The van der Waals surface area contributed by atoms with Gasteiger partial charge in [-0.15, -0.1) is 0 Å². The highest BCUT2D eigenvalue weighted by molar-refractivity contribution is 5.75. The summed E-state index contributed by atoms with van der Waals surface area (Å²) in [5.74, 6) is -0.767. The SMILES string of the molecule is CC1(C(=O)O)COCC1N1CCOCC1. The normalized spacial score (nSPS) is 38.1. The molecule has 2 rings (SSSR count). The van der Waals surface area contributed by atoms with Crippen molar-refractivity contribution in [2.24, 2.45) is 5.41 Å². The summed E-state index contributed by atoms with van der Waals surface area (Å²) in [7, 11) is 0. The van der Waals surface area contributed by atoms with Crippen LogP contribution in [0.1, 0.15) is 6.92 Å². The van der Waals surface area contributed by atoms with E-state index in [-0.39, 0.29) is 6.04 Å². The van der Waals surface area contributed by atoms with Crippen LogP contribution in [0.3, 0.4) is 0 Å². The van der Waals surface area contributed by atoms with Crippen LogP contribution in [0.4, 0.5) is 0 Å². The first kappa shape index (κ1) is 10.9. The molecular formula is C10H17NO4. The van der Waals surface area contributed by atoms with E-state index < -0.39 is 11.4 Å². The Kier molecular flexibility index (Phi) is 2.95. The van der Waals surface area contributed by atoms with Crippen molar-refractivity contribution in [1.82, 2.24) is 4.90 Å². The monoisotopic (exact) mass is 215 g/mol. The molecule has 0 aromatic rings. The van der Waals surface area contributed by atoms with Crippen molar-refractivity contribution < 1.29 is 19.4 Å². The van der Waals surface area contributed by atoms with Crippen molar-refractivity contribution in [3.05, 3.63) is 0 Å². The second-order valence-electron chi connectivity index (χ2n) is 4.40. The van der Waals surface area contributed by atoms with E-state index >= 15 is 0 Å². The maximum Gasteiger partial charge on any atom is 0.313 e. The molecule has 2 saturated heterocycles. The lowest BCUT2D eigenvalue weighted by atomic mass is 9.84. The van der Waals surface area contributed by atoms with E-state index in [1.54, 1.807) is 6.92 Å². The summed E-state index contributed by atoms with van der Waals surface area (Å²) in [6, 6.07) is -0.0149. The Labute approximate surface area is 89.0 Å². The maximum atomic E-state index is 11.2. The minimum atomic E-state index is -0.767. The van der Waals surface area contributed by atoms with Crippen LogP contribution in [0.25, 0.3) is 0 Å². The first-order valence-corrected chi connectivity index (χ1v) is 5.27. The van der Waals surface area contributed by atoms with Crippen LogP contribution in [0.2, 0.25) is 0 Å². The van der Waals surface area contributed by atoms with Gasteiger partial charge in [-0.2, -0.15) is 0 Å². The van der Waals surface area contributed by atoms with Crippen molar-refractivity contribution in [2.75, 3.05) is 39.5 Å². The molecular weight excluding hydrogens is 198 g/mol. The molecule has 5 heteroatoms. The van der Waals surface area contributed by atoms with Crippen molar-refractivity contribution in [3.63, 3.8) is 0 Å². The highest BCUT2D eigenvalue weighted by atomic mass is 16.5. The van der Waals surface area contributed by atoms with Gasteiger partial charge in [0.25, 0.3) is 0 Å². The zero-order valence-corrected chi connectivity index (χ0v) is 8.94. The highest BCUT2D eigenvalue weighted by Crippen LogP contribution is 2.32. The number of carboxylic acids is 1. The molecule has 0 bridgehead atoms. The Balaban J connectivity index is 2.09. The molecule has 2 atom stereocenters. The summed E-state index contributed by atoms with van der Waals surface area (Å²) in [5, 5.41) is 9.24. The molecule has 1 N–H and O–H groups in total. The van der Waals surface area contributed by atoms with Gasteiger partial charge in [0.05, 0.1) is 32.5 Å². The maximum absolute atomic E-state index is 11.2. The fourth-order valence-corrected chi connectivity index (χ4v) is 2.26. The molecule has 15 heavy (non-hydrogen) atoms. The van der Waals surface area contributed by atoms with Crippen LogP contribution in [0.15, 0.2) is 0 Å². The van der Waals surface area contributed by atoms with Crippen molar-refractivity contribution in [3.8, 4) is 0 Å². The third kappa shape index (κ3) is 1.87. The Hall–Kier alpha value is -0.650. The van der Waals surface area contributed by atoms with Crippen molar-refractivity contribution in [1.29, 1.82) is 0 Å². The minimum absolute atomic E-state index is 0.0149. The smallest absolute Gasteiger partial charge is 0.313 e. The predicted octanol–water partition coefficient (Wildman–Crippen LogP) is -0.192. The second-order valence-corrected chi connectivity index (χ2v) is 4.40. The molecule has 2 fully saturated rings. The van der Waals surface area contributed by atoms with E-state index in [1.165, 1.54) is 0 Å². The van der Waals surface area contributed by atoms with Gasteiger partial charge >= 0.3 is 5.97 Å². The van der Waals surface area contributed by atoms with Gasteiger partial charge in [0.2, 0.25) is 0 Å². The molecule has 0 amide bonds. The van der Waals surface area contributed by atoms with E-state index in [1.807, 2.05) is 0 Å². The zero-order valence-electron chi connectivity index (χ0n) is 8.94. The largest absolute Gasteiger partial charge is 0.481 e. The van der Waals surface area contributed by atoms with Gasteiger partial charge in [-0.25, -0.2) is 0 Å². The van der Waals surface area contributed by atoms with Crippen LogP contribution in [-0.4, -0.2) is 61.5 Å². The van der Waals surface area contributed by atoms with E-state index in [2.05, 4.69) is 4.90 Å². The standard InChI is InChI=1S/C10H17NO4/c1-10(9(12)13)7-15-6-8(10)11-2-4-14-5-3-11/h8H,2-7H2,1H3,(H,12,13). The van der Waals surface area contributed by atoms with Gasteiger partial charge in [-0.1, -0.05) is 0 Å². The number of aliphatic carboxylic acids is 1. The Morgan fingerprint density at radius 1 is 1.40 bits per heavy atom. The molecule has 5 nitrogen and oxygen atoms in total. The number of carbonyl (C=O) groups is 1. The van der Waals surface area contributed by atoms with Gasteiger partial charge < -0.3 is 14.6 Å². The summed E-state index contributed by atoms with van der Waals surface area (Å²) in [6.07, 6.45) is 0. The summed E-state index contributed by atoms with van der Waals surface area (Å²) >= 11 is 0. The number of morpholine rings is 1. The van der Waals surface area contributed by atoms with Crippen LogP contribution in [0, 0.1) is 5.41 Å². The van der Waals surface area contributed by atoms with Crippen molar-refractivity contribution in [2.45, 2.75) is 13.0 Å². The zero-order chi connectivity index (χ0) is 10.9. The van der Waals surface area contributed by atoms with Crippen LogP contribution < -0.4 is 0 Å². The lowest BCUT2D eigenvalue weighted by molar-refractivity contribution is -0.151. The Morgan fingerprint density at radius 2 is 2.07 bits per heavy atom. The van der Waals surface area contributed by atoms with E-state index in [0.29, 0.717) is 26.4 Å². The number of ether oxygens (including phenoxy) is 2. The lowest BCUT2D eigenvalue weighted by Crippen LogP contribution is -2.53. The quantitative estimate of drug-likeness (QED) is 0.691. The minimum Gasteiger partial charge on any atom is -0.481 e. The van der Waals surface area contributed by atoms with Crippen molar-refractivity contribution >= 4 is 5.97 Å². The second kappa shape index (κ2) is 4.08. The molecule has 0 aromatic heterocycles. The van der Waals surface area contributed by atoms with E-state index in [9.17, 15) is 9.90 Å².